The van der Waals surface area contributed by atoms with Crippen molar-refractivity contribution in [2.24, 2.45) is 0 Å². The van der Waals surface area contributed by atoms with Crippen LogP contribution in [-0.2, 0) is 24.3 Å². The number of hydrogen-bond donors (Lipinski definition) is 1. The molecule has 0 atom stereocenters. The third-order valence-corrected chi connectivity index (χ3v) is 1.94. The molecule has 0 fully saturated rings. The van der Waals surface area contributed by atoms with Gasteiger partial charge in [0.1, 0.15) is 0 Å². The number of carbonyl (C=O) groups is 1. The first-order valence-corrected chi connectivity index (χ1v) is 4.34. The molecule has 0 radical (unpaired) electrons. The molecule has 74 valence electrons. The molecular formula is C10H14O2Ru. The fraction of sp³-hybridized carbons (Fsp3) is 0.500. The molecule has 13 heavy (non-hydrogen) atoms. The Kier molecular flexibility index (Phi) is 6.79. The van der Waals surface area contributed by atoms with Gasteiger partial charge in [0, 0.05) is 19.5 Å². The Morgan fingerprint density at radius 2 is 2.00 bits per heavy atom. The summed E-state index contributed by atoms with van der Waals surface area (Å²) in [5, 5.41) is 8.57. The Morgan fingerprint density at radius 1 is 1.31 bits per heavy atom. The van der Waals surface area contributed by atoms with Crippen molar-refractivity contribution in [2.45, 2.75) is 32.1 Å². The molecule has 0 bridgehead atoms. The predicted molar refractivity (Wildman–Crippen MR) is 47.9 cm³/mol. The van der Waals surface area contributed by atoms with Crippen molar-refractivity contribution in [3.8, 4) is 0 Å². The summed E-state index contributed by atoms with van der Waals surface area (Å²) < 4.78 is 0. The average Bonchev–Trinajstić information content (AvgIpc) is 1.93. The van der Waals surface area contributed by atoms with Crippen molar-refractivity contribution in [1.82, 2.24) is 0 Å². The molecule has 0 unspecified atom stereocenters. The Bertz CT molecular complexity index is 219. The molecule has 3 heteroatoms. The molecule has 2 nitrogen and oxygen atoms in total. The topological polar surface area (TPSA) is 37.3 Å². The van der Waals surface area contributed by atoms with Gasteiger partial charge in [0.05, 0.1) is 6.42 Å². The summed E-state index contributed by atoms with van der Waals surface area (Å²) in [5.74, 6) is -0.717. The van der Waals surface area contributed by atoms with Gasteiger partial charge in [-0.3, -0.25) is 4.79 Å². The minimum Gasteiger partial charge on any atom is -0.481 e. The second-order valence-electron chi connectivity index (χ2n) is 3.02. The van der Waals surface area contributed by atoms with E-state index in [9.17, 15) is 4.79 Å². The van der Waals surface area contributed by atoms with Crippen molar-refractivity contribution in [1.29, 1.82) is 0 Å². The van der Waals surface area contributed by atoms with Crippen LogP contribution in [0.3, 0.4) is 0 Å². The maximum atomic E-state index is 10.4. The van der Waals surface area contributed by atoms with E-state index in [0.717, 1.165) is 31.3 Å². The first-order valence-electron chi connectivity index (χ1n) is 4.34. The van der Waals surface area contributed by atoms with Crippen molar-refractivity contribution < 1.29 is 29.4 Å². The van der Waals surface area contributed by atoms with Gasteiger partial charge in [-0.2, -0.15) is 0 Å². The summed E-state index contributed by atoms with van der Waals surface area (Å²) in [6.07, 6.45) is 10.5. The van der Waals surface area contributed by atoms with E-state index in [-0.39, 0.29) is 25.9 Å². The number of hydrogen-bond acceptors (Lipinski definition) is 1. The Balaban J connectivity index is 0.00000144. The molecule has 0 amide bonds. The van der Waals surface area contributed by atoms with Gasteiger partial charge in [-0.15, -0.1) is 0 Å². The van der Waals surface area contributed by atoms with Gasteiger partial charge >= 0.3 is 5.97 Å². The summed E-state index contributed by atoms with van der Waals surface area (Å²) in [4.78, 5) is 10.4. The van der Waals surface area contributed by atoms with Crippen LogP contribution in [-0.4, -0.2) is 11.1 Å². The monoisotopic (exact) mass is 268 g/mol. The van der Waals surface area contributed by atoms with Gasteiger partial charge in [0.2, 0.25) is 0 Å². The molecule has 1 rings (SSSR count). The molecule has 0 saturated carbocycles. The number of allylic oxidation sites excluding steroid dienone is 3. The van der Waals surface area contributed by atoms with Crippen LogP contribution in [0.4, 0.5) is 0 Å². The maximum Gasteiger partial charge on any atom is 0.307 e. The van der Waals surface area contributed by atoms with Gasteiger partial charge in [-0.05, 0) is 25.7 Å². The van der Waals surface area contributed by atoms with Crippen molar-refractivity contribution >= 4 is 5.97 Å². The molecule has 1 aliphatic rings. The fourth-order valence-electron chi connectivity index (χ4n) is 1.34. The van der Waals surface area contributed by atoms with Gasteiger partial charge in [0.15, 0.2) is 0 Å². The van der Waals surface area contributed by atoms with E-state index in [0.29, 0.717) is 0 Å². The zero-order chi connectivity index (χ0) is 8.81. The van der Waals surface area contributed by atoms with Crippen molar-refractivity contribution in [2.75, 3.05) is 0 Å². The first kappa shape index (κ1) is 12.6. The van der Waals surface area contributed by atoms with E-state index < -0.39 is 5.97 Å². The summed E-state index contributed by atoms with van der Waals surface area (Å²) in [5.41, 5.74) is 1.08. The van der Waals surface area contributed by atoms with Gasteiger partial charge < -0.3 is 5.11 Å². The zero-order valence-corrected chi connectivity index (χ0v) is 9.21. The maximum absolute atomic E-state index is 10.4. The molecule has 0 aromatic carbocycles. The number of aliphatic carboxylic acids is 1. The smallest absolute Gasteiger partial charge is 0.307 e. The fourth-order valence-corrected chi connectivity index (χ4v) is 1.34. The second-order valence-corrected chi connectivity index (χ2v) is 3.02. The summed E-state index contributed by atoms with van der Waals surface area (Å²) in [7, 11) is 0. The van der Waals surface area contributed by atoms with Crippen LogP contribution in [0, 0.1) is 0 Å². The molecule has 0 aromatic rings. The largest absolute Gasteiger partial charge is 0.481 e. The molecular weight excluding hydrogens is 253 g/mol. The molecule has 0 spiro atoms. The molecule has 0 aliphatic heterocycles. The van der Waals surface area contributed by atoms with Gasteiger partial charge in [-0.1, -0.05) is 23.8 Å². The summed E-state index contributed by atoms with van der Waals surface area (Å²) in [6, 6.07) is 0. The Hall–Kier alpha value is -0.427. The Labute approximate surface area is 91.5 Å². The van der Waals surface area contributed by atoms with E-state index in [1.54, 1.807) is 0 Å². The van der Waals surface area contributed by atoms with E-state index in [1.165, 1.54) is 0 Å². The van der Waals surface area contributed by atoms with Gasteiger partial charge in [-0.25, -0.2) is 0 Å². The summed E-state index contributed by atoms with van der Waals surface area (Å²) >= 11 is 0. The third-order valence-electron chi connectivity index (χ3n) is 1.94. The molecule has 1 N–H and O–H groups in total. The molecule has 0 heterocycles. The Morgan fingerprint density at radius 3 is 2.69 bits per heavy atom. The van der Waals surface area contributed by atoms with E-state index in [4.69, 9.17) is 5.11 Å². The van der Waals surface area contributed by atoms with E-state index in [1.807, 2.05) is 0 Å². The molecule has 1 aliphatic carbocycles. The summed E-state index contributed by atoms with van der Waals surface area (Å²) in [6.45, 7) is 0. The SMILES string of the molecule is O=C(O)CC1=CCCC=CCC1.[Ru]. The minimum atomic E-state index is -0.717. The van der Waals surface area contributed by atoms with Crippen molar-refractivity contribution in [3.05, 3.63) is 23.8 Å². The molecule has 0 saturated heterocycles. The van der Waals surface area contributed by atoms with Crippen LogP contribution < -0.4 is 0 Å². The average molecular weight is 267 g/mol. The van der Waals surface area contributed by atoms with Crippen LogP contribution in [0.2, 0.25) is 0 Å². The minimum absolute atomic E-state index is 0. The van der Waals surface area contributed by atoms with E-state index >= 15 is 0 Å². The predicted octanol–water partition coefficient (Wildman–Crippen LogP) is 2.52. The third kappa shape index (κ3) is 5.76. The zero-order valence-electron chi connectivity index (χ0n) is 7.48. The standard InChI is InChI=1S/C10H14O2.Ru/c11-10(12)8-9-6-4-2-1-3-5-7-9;/h1-2,7H,3-6,8H2,(H,11,12);. The van der Waals surface area contributed by atoms with Crippen LogP contribution in [0.1, 0.15) is 32.1 Å². The number of rotatable bonds is 2. The number of carboxylic acid groups (broad SMARTS) is 1. The van der Waals surface area contributed by atoms with E-state index in [2.05, 4.69) is 18.2 Å². The molecule has 0 aromatic heterocycles. The van der Waals surface area contributed by atoms with Gasteiger partial charge in [0.25, 0.3) is 0 Å². The quantitative estimate of drug-likeness (QED) is 0.616. The second kappa shape index (κ2) is 7.02. The van der Waals surface area contributed by atoms with Crippen molar-refractivity contribution in [3.63, 3.8) is 0 Å². The first-order chi connectivity index (χ1) is 5.79. The van der Waals surface area contributed by atoms with Crippen LogP contribution >= 0.6 is 0 Å². The van der Waals surface area contributed by atoms with Crippen LogP contribution in [0.5, 0.6) is 0 Å². The normalized spacial score (nSPS) is 16.5. The number of carboxylic acids is 1. The van der Waals surface area contributed by atoms with Crippen LogP contribution in [0.15, 0.2) is 23.8 Å². The van der Waals surface area contributed by atoms with Crippen LogP contribution in [0.25, 0.3) is 0 Å².